The van der Waals surface area contributed by atoms with Crippen LogP contribution in [0.5, 0.6) is 0 Å². The largest absolute Gasteiger partial charge is 0.396 e. The molecule has 3 rings (SSSR count). The first kappa shape index (κ1) is 13.1. The number of anilines is 1. The third-order valence-electron chi connectivity index (χ3n) is 3.45. The van der Waals surface area contributed by atoms with Gasteiger partial charge >= 0.3 is 0 Å². The standard InChI is InChI=1S/C15H19N3O2/c19-10-4-9-18(13-5-2-1-3-6-13)11-14-16-15(20-17-14)12-7-8-12/h1-3,5-6,12,19H,4,7-11H2. The highest BCUT2D eigenvalue weighted by molar-refractivity contribution is 5.45. The van der Waals surface area contributed by atoms with Crippen LogP contribution in [0.15, 0.2) is 34.9 Å². The number of hydrogen-bond acceptors (Lipinski definition) is 5. The fourth-order valence-corrected chi connectivity index (χ4v) is 2.20. The Morgan fingerprint density at radius 1 is 1.25 bits per heavy atom. The molecule has 0 unspecified atom stereocenters. The number of hydrogen-bond donors (Lipinski definition) is 1. The van der Waals surface area contributed by atoms with Crippen LogP contribution < -0.4 is 4.90 Å². The molecule has 5 nitrogen and oxygen atoms in total. The number of rotatable bonds is 7. The number of nitrogens with zero attached hydrogens (tertiary/aromatic N) is 3. The predicted octanol–water partition coefficient (Wildman–Crippen LogP) is 2.34. The lowest BCUT2D eigenvalue weighted by Crippen LogP contribution is -2.25. The van der Waals surface area contributed by atoms with Crippen LogP contribution >= 0.6 is 0 Å². The molecule has 1 aliphatic carbocycles. The van der Waals surface area contributed by atoms with Gasteiger partial charge in [0.05, 0.1) is 6.54 Å². The molecule has 0 spiro atoms. The average molecular weight is 273 g/mol. The van der Waals surface area contributed by atoms with Gasteiger partial charge < -0.3 is 14.5 Å². The van der Waals surface area contributed by atoms with Crippen molar-refractivity contribution >= 4 is 5.69 Å². The third-order valence-corrected chi connectivity index (χ3v) is 3.45. The van der Waals surface area contributed by atoms with E-state index in [0.29, 0.717) is 18.3 Å². The highest BCUT2D eigenvalue weighted by Crippen LogP contribution is 2.38. The SMILES string of the molecule is OCCCN(Cc1noc(C2CC2)n1)c1ccccc1. The molecule has 1 aromatic carbocycles. The fourth-order valence-electron chi connectivity index (χ4n) is 2.20. The van der Waals surface area contributed by atoms with Crippen molar-refractivity contribution in [2.24, 2.45) is 0 Å². The summed E-state index contributed by atoms with van der Waals surface area (Å²) in [6, 6.07) is 10.1. The number of benzene rings is 1. The smallest absolute Gasteiger partial charge is 0.229 e. The summed E-state index contributed by atoms with van der Waals surface area (Å²) in [5, 5.41) is 13.1. The number of aliphatic hydroxyl groups excluding tert-OH is 1. The van der Waals surface area contributed by atoms with Crippen molar-refractivity contribution in [2.45, 2.75) is 31.7 Å². The van der Waals surface area contributed by atoms with Gasteiger partial charge in [-0.3, -0.25) is 0 Å². The Kier molecular flexibility index (Phi) is 3.97. The van der Waals surface area contributed by atoms with Gasteiger partial charge in [0.15, 0.2) is 5.82 Å². The molecule has 1 aliphatic rings. The van der Waals surface area contributed by atoms with Gasteiger partial charge in [-0.05, 0) is 31.4 Å². The lowest BCUT2D eigenvalue weighted by atomic mass is 10.2. The molecule has 0 bridgehead atoms. The Balaban J connectivity index is 1.71. The van der Waals surface area contributed by atoms with Gasteiger partial charge in [-0.25, -0.2) is 0 Å². The van der Waals surface area contributed by atoms with Crippen molar-refractivity contribution in [3.05, 3.63) is 42.0 Å². The molecular formula is C15H19N3O2. The lowest BCUT2D eigenvalue weighted by Gasteiger charge is -2.22. The zero-order chi connectivity index (χ0) is 13.8. The Hall–Kier alpha value is -1.88. The van der Waals surface area contributed by atoms with Crippen molar-refractivity contribution in [1.82, 2.24) is 10.1 Å². The van der Waals surface area contributed by atoms with Gasteiger partial charge in [0.2, 0.25) is 5.89 Å². The Labute approximate surface area is 118 Å². The quantitative estimate of drug-likeness (QED) is 0.839. The maximum atomic E-state index is 9.04. The molecular weight excluding hydrogens is 254 g/mol. The van der Waals surface area contributed by atoms with E-state index in [1.54, 1.807) is 0 Å². The monoisotopic (exact) mass is 273 g/mol. The van der Waals surface area contributed by atoms with E-state index in [0.717, 1.165) is 37.4 Å². The molecule has 5 heteroatoms. The van der Waals surface area contributed by atoms with Gasteiger partial charge in [0.25, 0.3) is 0 Å². The highest BCUT2D eigenvalue weighted by Gasteiger charge is 2.29. The van der Waals surface area contributed by atoms with Gasteiger partial charge in [0.1, 0.15) is 0 Å². The van der Waals surface area contributed by atoms with Crippen molar-refractivity contribution in [3.63, 3.8) is 0 Å². The van der Waals surface area contributed by atoms with Crippen LogP contribution in [0, 0.1) is 0 Å². The molecule has 1 heterocycles. The van der Waals surface area contributed by atoms with E-state index in [-0.39, 0.29) is 6.61 Å². The zero-order valence-electron chi connectivity index (χ0n) is 11.4. The number of para-hydroxylation sites is 1. The van der Waals surface area contributed by atoms with E-state index in [1.807, 2.05) is 18.2 Å². The molecule has 1 aromatic heterocycles. The van der Waals surface area contributed by atoms with Crippen LogP contribution in [0.1, 0.15) is 36.9 Å². The first-order valence-corrected chi connectivity index (χ1v) is 7.10. The number of aromatic nitrogens is 2. The first-order chi connectivity index (χ1) is 9.86. The van der Waals surface area contributed by atoms with E-state index in [9.17, 15) is 0 Å². The Bertz CT molecular complexity index is 537. The molecule has 1 saturated carbocycles. The zero-order valence-corrected chi connectivity index (χ0v) is 11.4. The Morgan fingerprint density at radius 2 is 2.05 bits per heavy atom. The van der Waals surface area contributed by atoms with Crippen molar-refractivity contribution in [2.75, 3.05) is 18.1 Å². The van der Waals surface area contributed by atoms with Crippen molar-refractivity contribution < 1.29 is 9.63 Å². The molecule has 2 aromatic rings. The molecule has 0 saturated heterocycles. The second-order valence-corrected chi connectivity index (χ2v) is 5.16. The summed E-state index contributed by atoms with van der Waals surface area (Å²) in [5.74, 6) is 1.97. The lowest BCUT2D eigenvalue weighted by molar-refractivity contribution is 0.289. The van der Waals surface area contributed by atoms with Gasteiger partial charge in [0, 0.05) is 24.8 Å². The highest BCUT2D eigenvalue weighted by atomic mass is 16.5. The summed E-state index contributed by atoms with van der Waals surface area (Å²) in [4.78, 5) is 6.63. The molecule has 0 aliphatic heterocycles. The topological polar surface area (TPSA) is 62.4 Å². The van der Waals surface area contributed by atoms with Gasteiger partial charge in [-0.15, -0.1) is 0 Å². The summed E-state index contributed by atoms with van der Waals surface area (Å²) >= 11 is 0. The van der Waals surface area contributed by atoms with Crippen LogP contribution in [0.4, 0.5) is 5.69 Å². The second-order valence-electron chi connectivity index (χ2n) is 5.16. The Morgan fingerprint density at radius 3 is 2.75 bits per heavy atom. The normalized spacial score (nSPS) is 14.4. The van der Waals surface area contributed by atoms with Crippen LogP contribution in [0.2, 0.25) is 0 Å². The summed E-state index contributed by atoms with van der Waals surface area (Å²) in [5.41, 5.74) is 1.11. The number of aliphatic hydroxyl groups is 1. The first-order valence-electron chi connectivity index (χ1n) is 7.10. The van der Waals surface area contributed by atoms with Crippen molar-refractivity contribution in [1.29, 1.82) is 0 Å². The maximum Gasteiger partial charge on any atom is 0.229 e. The van der Waals surface area contributed by atoms with Crippen LogP contribution in [0.25, 0.3) is 0 Å². The van der Waals surface area contributed by atoms with E-state index in [2.05, 4.69) is 27.2 Å². The fraction of sp³-hybridized carbons (Fsp3) is 0.467. The summed E-state index contributed by atoms with van der Waals surface area (Å²) < 4.78 is 5.29. The van der Waals surface area contributed by atoms with Crippen molar-refractivity contribution in [3.8, 4) is 0 Å². The van der Waals surface area contributed by atoms with E-state index < -0.39 is 0 Å². The summed E-state index contributed by atoms with van der Waals surface area (Å²) in [6.07, 6.45) is 3.05. The van der Waals surface area contributed by atoms with Gasteiger partial charge in [-0.1, -0.05) is 23.4 Å². The van der Waals surface area contributed by atoms with Crippen LogP contribution in [-0.2, 0) is 6.54 Å². The average Bonchev–Trinajstić information content (AvgIpc) is 3.24. The van der Waals surface area contributed by atoms with Crippen LogP contribution in [0.3, 0.4) is 0 Å². The molecule has 20 heavy (non-hydrogen) atoms. The van der Waals surface area contributed by atoms with E-state index in [1.165, 1.54) is 0 Å². The minimum Gasteiger partial charge on any atom is -0.396 e. The predicted molar refractivity (Wildman–Crippen MR) is 75.5 cm³/mol. The van der Waals surface area contributed by atoms with Gasteiger partial charge in [-0.2, -0.15) is 4.98 Å². The molecule has 1 fully saturated rings. The molecule has 0 atom stereocenters. The third kappa shape index (κ3) is 3.17. The van der Waals surface area contributed by atoms with E-state index >= 15 is 0 Å². The molecule has 1 N–H and O–H groups in total. The van der Waals surface area contributed by atoms with Crippen LogP contribution in [-0.4, -0.2) is 28.4 Å². The van der Waals surface area contributed by atoms with E-state index in [4.69, 9.17) is 9.63 Å². The summed E-state index contributed by atoms with van der Waals surface area (Å²) in [6.45, 7) is 1.57. The summed E-state index contributed by atoms with van der Waals surface area (Å²) in [7, 11) is 0. The minimum atomic E-state index is 0.183. The molecule has 0 amide bonds. The molecule has 106 valence electrons. The maximum absolute atomic E-state index is 9.04. The minimum absolute atomic E-state index is 0.183. The second kappa shape index (κ2) is 6.05. The molecule has 0 radical (unpaired) electrons.